The number of aryl methyl sites for hydroxylation is 1. The van der Waals surface area contributed by atoms with Crippen molar-refractivity contribution in [1.82, 2.24) is 9.97 Å². The fourth-order valence-electron chi connectivity index (χ4n) is 1.92. The molecule has 4 heteroatoms. The first-order valence-electron chi connectivity index (χ1n) is 6.92. The van der Waals surface area contributed by atoms with E-state index >= 15 is 0 Å². The van der Waals surface area contributed by atoms with Crippen LogP contribution in [-0.4, -0.2) is 16.0 Å². The van der Waals surface area contributed by atoms with Gasteiger partial charge in [0.05, 0.1) is 0 Å². The van der Waals surface area contributed by atoms with Gasteiger partial charge in [-0.25, -0.2) is 9.97 Å². The van der Waals surface area contributed by atoms with Crippen molar-refractivity contribution in [1.29, 1.82) is 0 Å². The normalized spacial score (nSPS) is 12.3. The van der Waals surface area contributed by atoms with Crippen molar-refractivity contribution in [2.45, 2.75) is 43.6 Å². The molecule has 20 heavy (non-hydrogen) atoms. The minimum atomic E-state index is 0.199. The van der Waals surface area contributed by atoms with E-state index in [0.717, 1.165) is 29.3 Å². The molecule has 1 aromatic carbocycles. The molecule has 1 heterocycles. The van der Waals surface area contributed by atoms with Gasteiger partial charge in [-0.05, 0) is 30.9 Å². The number of nitrogens with two attached hydrogens (primary N) is 1. The van der Waals surface area contributed by atoms with Crippen LogP contribution >= 0.6 is 11.8 Å². The number of hydrogen-bond donors (Lipinski definition) is 1. The molecule has 1 unspecified atom stereocenters. The third-order valence-electron chi connectivity index (χ3n) is 3.15. The smallest absolute Gasteiger partial charge is 0.187 e. The molecule has 0 spiro atoms. The van der Waals surface area contributed by atoms with Gasteiger partial charge in [-0.2, -0.15) is 0 Å². The fourth-order valence-corrected chi connectivity index (χ4v) is 2.65. The van der Waals surface area contributed by atoms with Crippen LogP contribution in [0.1, 0.15) is 30.0 Å². The second-order valence-electron chi connectivity index (χ2n) is 5.02. The molecular weight excluding hydrogens is 266 g/mol. The number of rotatable bonds is 6. The van der Waals surface area contributed by atoms with Crippen LogP contribution in [0.25, 0.3) is 0 Å². The predicted octanol–water partition coefficient (Wildman–Crippen LogP) is 3.36. The SMILES string of the molecule is CCC(N)Cc1cnc(SCc2cccc(C)c2)nc1. The minimum Gasteiger partial charge on any atom is -0.327 e. The predicted molar refractivity (Wildman–Crippen MR) is 84.7 cm³/mol. The van der Waals surface area contributed by atoms with Gasteiger partial charge < -0.3 is 5.73 Å². The van der Waals surface area contributed by atoms with Crippen LogP contribution in [0.15, 0.2) is 41.8 Å². The van der Waals surface area contributed by atoms with E-state index in [1.165, 1.54) is 11.1 Å². The van der Waals surface area contributed by atoms with Crippen LogP contribution in [0.3, 0.4) is 0 Å². The lowest BCUT2D eigenvalue weighted by Crippen LogP contribution is -2.21. The molecule has 0 fully saturated rings. The highest BCUT2D eigenvalue weighted by molar-refractivity contribution is 7.98. The summed E-state index contributed by atoms with van der Waals surface area (Å²) in [5.74, 6) is 0.898. The summed E-state index contributed by atoms with van der Waals surface area (Å²) >= 11 is 1.66. The van der Waals surface area contributed by atoms with Gasteiger partial charge >= 0.3 is 0 Å². The van der Waals surface area contributed by atoms with Crippen molar-refractivity contribution < 1.29 is 0 Å². The second kappa shape index (κ2) is 7.41. The average Bonchev–Trinajstić information content (AvgIpc) is 2.46. The van der Waals surface area contributed by atoms with Gasteiger partial charge in [-0.15, -0.1) is 0 Å². The van der Waals surface area contributed by atoms with Crippen molar-refractivity contribution in [3.63, 3.8) is 0 Å². The molecule has 106 valence electrons. The number of aromatic nitrogens is 2. The van der Waals surface area contributed by atoms with Crippen LogP contribution in [-0.2, 0) is 12.2 Å². The molecule has 0 aliphatic heterocycles. The maximum absolute atomic E-state index is 5.93. The number of benzene rings is 1. The minimum absolute atomic E-state index is 0.199. The van der Waals surface area contributed by atoms with Gasteiger partial charge in [0, 0.05) is 24.2 Å². The van der Waals surface area contributed by atoms with E-state index in [2.05, 4.69) is 48.1 Å². The summed E-state index contributed by atoms with van der Waals surface area (Å²) in [5, 5.41) is 0.820. The summed E-state index contributed by atoms with van der Waals surface area (Å²) in [6.07, 6.45) is 5.60. The Morgan fingerprint density at radius 3 is 2.60 bits per heavy atom. The Labute approximate surface area is 125 Å². The molecule has 0 aliphatic rings. The van der Waals surface area contributed by atoms with E-state index in [-0.39, 0.29) is 6.04 Å². The van der Waals surface area contributed by atoms with Crippen LogP contribution in [0.4, 0.5) is 0 Å². The van der Waals surface area contributed by atoms with E-state index in [1.807, 2.05) is 12.4 Å². The Balaban J connectivity index is 1.90. The molecule has 0 saturated carbocycles. The van der Waals surface area contributed by atoms with E-state index in [4.69, 9.17) is 5.73 Å². The van der Waals surface area contributed by atoms with E-state index in [0.29, 0.717) is 0 Å². The summed E-state index contributed by atoms with van der Waals surface area (Å²) < 4.78 is 0. The van der Waals surface area contributed by atoms with Crippen molar-refractivity contribution in [2.75, 3.05) is 0 Å². The molecule has 0 aliphatic carbocycles. The van der Waals surface area contributed by atoms with Crippen LogP contribution in [0.5, 0.6) is 0 Å². The van der Waals surface area contributed by atoms with Gasteiger partial charge in [0.1, 0.15) is 0 Å². The van der Waals surface area contributed by atoms with Crippen molar-refractivity contribution >= 4 is 11.8 Å². The summed E-state index contributed by atoms with van der Waals surface area (Å²) in [6.45, 7) is 4.20. The molecule has 1 atom stereocenters. The van der Waals surface area contributed by atoms with Crippen LogP contribution < -0.4 is 5.73 Å². The van der Waals surface area contributed by atoms with Gasteiger partial charge in [0.2, 0.25) is 0 Å². The quantitative estimate of drug-likeness (QED) is 0.654. The van der Waals surface area contributed by atoms with Gasteiger partial charge in [0.15, 0.2) is 5.16 Å². The standard InChI is InChI=1S/C16H21N3S/c1-3-15(17)8-14-9-18-16(19-10-14)20-11-13-6-4-5-12(2)7-13/h4-7,9-10,15H,3,8,11,17H2,1-2H3. The number of hydrogen-bond acceptors (Lipinski definition) is 4. The molecule has 0 radical (unpaired) electrons. The van der Waals surface area contributed by atoms with Crippen molar-refractivity contribution in [2.24, 2.45) is 5.73 Å². The summed E-state index contributed by atoms with van der Waals surface area (Å²) in [5.41, 5.74) is 9.63. The Morgan fingerprint density at radius 2 is 1.95 bits per heavy atom. The van der Waals surface area contributed by atoms with Gasteiger partial charge in [-0.3, -0.25) is 0 Å². The lowest BCUT2D eigenvalue weighted by Gasteiger charge is -2.08. The topological polar surface area (TPSA) is 51.8 Å². The third kappa shape index (κ3) is 4.62. The summed E-state index contributed by atoms with van der Waals surface area (Å²) in [4.78, 5) is 8.80. The Morgan fingerprint density at radius 1 is 1.20 bits per heavy atom. The Bertz CT molecular complexity index is 540. The highest BCUT2D eigenvalue weighted by Gasteiger charge is 2.04. The Kier molecular flexibility index (Phi) is 5.56. The molecule has 0 amide bonds. The third-order valence-corrected chi connectivity index (χ3v) is 4.10. The monoisotopic (exact) mass is 287 g/mol. The summed E-state index contributed by atoms with van der Waals surface area (Å²) in [7, 11) is 0. The van der Waals surface area contributed by atoms with Gasteiger partial charge in [0.25, 0.3) is 0 Å². The molecule has 2 rings (SSSR count). The molecule has 1 aromatic heterocycles. The lowest BCUT2D eigenvalue weighted by atomic mass is 10.1. The zero-order valence-electron chi connectivity index (χ0n) is 12.0. The first kappa shape index (κ1) is 15.0. The van der Waals surface area contributed by atoms with E-state index in [9.17, 15) is 0 Å². The maximum Gasteiger partial charge on any atom is 0.187 e. The fraction of sp³-hybridized carbons (Fsp3) is 0.375. The van der Waals surface area contributed by atoms with E-state index in [1.54, 1.807) is 11.8 Å². The zero-order chi connectivity index (χ0) is 14.4. The van der Waals surface area contributed by atoms with Gasteiger partial charge in [-0.1, -0.05) is 48.5 Å². The van der Waals surface area contributed by atoms with Crippen LogP contribution in [0, 0.1) is 6.92 Å². The highest BCUT2D eigenvalue weighted by atomic mass is 32.2. The first-order valence-corrected chi connectivity index (χ1v) is 7.90. The largest absolute Gasteiger partial charge is 0.327 e. The molecule has 2 N–H and O–H groups in total. The molecular formula is C16H21N3S. The van der Waals surface area contributed by atoms with Crippen molar-refractivity contribution in [3.05, 3.63) is 53.3 Å². The average molecular weight is 287 g/mol. The highest BCUT2D eigenvalue weighted by Crippen LogP contribution is 2.19. The lowest BCUT2D eigenvalue weighted by molar-refractivity contribution is 0.641. The second-order valence-corrected chi connectivity index (χ2v) is 5.97. The molecule has 3 nitrogen and oxygen atoms in total. The molecule has 2 aromatic rings. The molecule has 0 saturated heterocycles. The van der Waals surface area contributed by atoms with Crippen LogP contribution in [0.2, 0.25) is 0 Å². The first-order chi connectivity index (χ1) is 9.67. The number of thioether (sulfide) groups is 1. The Hall–Kier alpha value is -1.39. The number of nitrogens with zero attached hydrogens (tertiary/aromatic N) is 2. The zero-order valence-corrected chi connectivity index (χ0v) is 12.9. The maximum atomic E-state index is 5.93. The summed E-state index contributed by atoms with van der Waals surface area (Å²) in [6, 6.07) is 8.72. The molecule has 0 bridgehead atoms. The van der Waals surface area contributed by atoms with Crippen molar-refractivity contribution in [3.8, 4) is 0 Å². The van der Waals surface area contributed by atoms with E-state index < -0.39 is 0 Å².